The summed E-state index contributed by atoms with van der Waals surface area (Å²) in [4.78, 5) is 18.2. The minimum Gasteiger partial charge on any atom is -0.456 e. The summed E-state index contributed by atoms with van der Waals surface area (Å²) in [6.45, 7) is 0.780. The molecule has 0 unspecified atom stereocenters. The Bertz CT molecular complexity index is 519. The molecular formula is C8H8N4O5. The second-order valence-electron chi connectivity index (χ2n) is 2.96. The van der Waals surface area contributed by atoms with Crippen LogP contribution < -0.4 is 0 Å². The predicted octanol–water partition coefficient (Wildman–Crippen LogP) is -0.325. The van der Waals surface area contributed by atoms with E-state index in [1.807, 2.05) is 0 Å². The molecule has 2 aromatic rings. The van der Waals surface area contributed by atoms with E-state index in [2.05, 4.69) is 29.5 Å². The summed E-state index contributed by atoms with van der Waals surface area (Å²) in [7, 11) is 0. The molecule has 0 spiro atoms. The fraction of sp³-hybridized carbons (Fsp3) is 0.375. The van der Waals surface area contributed by atoms with Crippen molar-refractivity contribution in [2.75, 3.05) is 0 Å². The topological polar surface area (TPSA) is 124 Å². The van der Waals surface area contributed by atoms with Crippen LogP contribution >= 0.6 is 0 Å². The van der Waals surface area contributed by atoms with E-state index in [4.69, 9.17) is 9.63 Å². The van der Waals surface area contributed by atoms with Crippen molar-refractivity contribution in [1.82, 2.24) is 20.3 Å². The van der Waals surface area contributed by atoms with Crippen LogP contribution in [0, 0.1) is 0 Å². The lowest BCUT2D eigenvalue weighted by molar-refractivity contribution is -0.143. The summed E-state index contributed by atoms with van der Waals surface area (Å²) in [5.41, 5.74) is 0. The molecule has 0 aliphatic carbocycles. The Hall–Kier alpha value is -2.29. The molecule has 2 aromatic heterocycles. The van der Waals surface area contributed by atoms with Crippen molar-refractivity contribution >= 4 is 5.97 Å². The Kier molecular flexibility index (Phi) is 3.10. The van der Waals surface area contributed by atoms with Crippen LogP contribution in [0.5, 0.6) is 0 Å². The van der Waals surface area contributed by atoms with Crippen LogP contribution in [0.4, 0.5) is 0 Å². The first-order valence-corrected chi connectivity index (χ1v) is 4.59. The van der Waals surface area contributed by atoms with E-state index in [-0.39, 0.29) is 36.6 Å². The summed E-state index contributed by atoms with van der Waals surface area (Å²) in [6, 6.07) is 0. The lowest BCUT2D eigenvalue weighted by atomic mass is 10.5. The van der Waals surface area contributed by atoms with Gasteiger partial charge in [-0.05, 0) is 0 Å². The molecule has 9 nitrogen and oxygen atoms in total. The summed E-state index contributed by atoms with van der Waals surface area (Å²) in [5.74, 6) is -0.105. The van der Waals surface area contributed by atoms with E-state index in [9.17, 15) is 4.79 Å². The highest BCUT2D eigenvalue weighted by molar-refractivity contribution is 5.65. The van der Waals surface area contributed by atoms with Gasteiger partial charge in [-0.15, -0.1) is 0 Å². The smallest absolute Gasteiger partial charge is 0.303 e. The molecule has 0 radical (unpaired) electrons. The average molecular weight is 240 g/mol. The third-order valence-electron chi connectivity index (χ3n) is 1.67. The van der Waals surface area contributed by atoms with Crippen molar-refractivity contribution in [3.05, 3.63) is 11.8 Å². The highest BCUT2D eigenvalue weighted by atomic mass is 16.6. The van der Waals surface area contributed by atoms with Crippen molar-refractivity contribution in [2.45, 2.75) is 20.1 Å². The first kappa shape index (κ1) is 11.2. The molecule has 2 rings (SSSR count). The van der Waals surface area contributed by atoms with Gasteiger partial charge in [0.25, 0.3) is 11.8 Å². The molecule has 90 valence electrons. The molecule has 0 amide bonds. The predicted molar refractivity (Wildman–Crippen MR) is 49.0 cm³/mol. The minimum absolute atomic E-state index is 0.0475. The molecule has 0 aromatic carbocycles. The molecule has 0 atom stereocenters. The SMILES string of the molecule is CC(=O)OCc1nc(-c2noc(CO)n2)no1. The number of nitrogens with zero attached hydrogens (tertiary/aromatic N) is 4. The molecule has 2 heterocycles. The quantitative estimate of drug-likeness (QED) is 0.715. The molecule has 9 heteroatoms. The Morgan fingerprint density at radius 3 is 2.35 bits per heavy atom. The minimum atomic E-state index is -0.452. The van der Waals surface area contributed by atoms with Crippen LogP contribution in [0.2, 0.25) is 0 Å². The largest absolute Gasteiger partial charge is 0.456 e. The Morgan fingerprint density at radius 1 is 1.24 bits per heavy atom. The van der Waals surface area contributed by atoms with Crippen molar-refractivity contribution in [1.29, 1.82) is 0 Å². The molecular weight excluding hydrogens is 232 g/mol. The molecule has 17 heavy (non-hydrogen) atoms. The van der Waals surface area contributed by atoms with Crippen molar-refractivity contribution in [3.63, 3.8) is 0 Å². The highest BCUT2D eigenvalue weighted by Crippen LogP contribution is 2.12. The highest BCUT2D eigenvalue weighted by Gasteiger charge is 2.15. The summed E-state index contributed by atoms with van der Waals surface area (Å²) in [6.07, 6.45) is 0. The molecule has 0 bridgehead atoms. The number of aliphatic hydroxyl groups is 1. The van der Waals surface area contributed by atoms with Gasteiger partial charge in [-0.3, -0.25) is 4.79 Å². The number of aliphatic hydroxyl groups excluding tert-OH is 1. The van der Waals surface area contributed by atoms with Gasteiger partial charge >= 0.3 is 5.97 Å². The Labute approximate surface area is 94.4 Å². The lowest BCUT2D eigenvalue weighted by Gasteiger charge is -1.93. The van der Waals surface area contributed by atoms with Crippen molar-refractivity contribution in [2.24, 2.45) is 0 Å². The standard InChI is InChI=1S/C8H8N4O5/c1-4(14)15-3-6-10-8(12-17-6)7-9-5(2-13)16-11-7/h13H,2-3H2,1H3. The van der Waals surface area contributed by atoms with E-state index in [0.29, 0.717) is 0 Å². The maximum absolute atomic E-state index is 10.6. The van der Waals surface area contributed by atoms with Gasteiger partial charge in [0.15, 0.2) is 6.61 Å². The first-order valence-electron chi connectivity index (χ1n) is 4.59. The molecule has 0 fully saturated rings. The monoisotopic (exact) mass is 240 g/mol. The van der Waals surface area contributed by atoms with Gasteiger partial charge in [0.05, 0.1) is 0 Å². The number of aromatic nitrogens is 4. The number of hydrogen-bond acceptors (Lipinski definition) is 9. The van der Waals surface area contributed by atoms with E-state index >= 15 is 0 Å². The first-order chi connectivity index (χ1) is 8.19. The Morgan fingerprint density at radius 2 is 1.82 bits per heavy atom. The molecule has 1 N–H and O–H groups in total. The maximum atomic E-state index is 10.6. The number of esters is 1. The number of ether oxygens (including phenoxy) is 1. The fourth-order valence-corrected chi connectivity index (χ4v) is 0.978. The summed E-state index contributed by atoms with van der Waals surface area (Å²) >= 11 is 0. The molecule has 0 saturated carbocycles. The van der Waals surface area contributed by atoms with Crippen LogP contribution in [0.15, 0.2) is 9.05 Å². The number of carbonyl (C=O) groups excluding carboxylic acids is 1. The number of rotatable bonds is 4. The van der Waals surface area contributed by atoms with Crippen LogP contribution in [0.3, 0.4) is 0 Å². The zero-order chi connectivity index (χ0) is 12.3. The third-order valence-corrected chi connectivity index (χ3v) is 1.67. The summed E-state index contributed by atoms with van der Waals surface area (Å²) < 4.78 is 14.1. The van der Waals surface area contributed by atoms with Crippen LogP contribution in [-0.4, -0.2) is 31.4 Å². The van der Waals surface area contributed by atoms with E-state index < -0.39 is 5.97 Å². The van der Waals surface area contributed by atoms with Crippen molar-refractivity contribution < 1.29 is 23.7 Å². The average Bonchev–Trinajstić information content (AvgIpc) is 2.94. The van der Waals surface area contributed by atoms with Gasteiger partial charge in [0.2, 0.25) is 11.6 Å². The van der Waals surface area contributed by atoms with Gasteiger partial charge < -0.3 is 18.9 Å². The second-order valence-corrected chi connectivity index (χ2v) is 2.96. The third kappa shape index (κ3) is 2.64. The van der Waals surface area contributed by atoms with Gasteiger partial charge in [0.1, 0.15) is 6.61 Å². The van der Waals surface area contributed by atoms with Crippen LogP contribution in [-0.2, 0) is 22.7 Å². The molecule has 0 aliphatic heterocycles. The molecule has 0 aliphatic rings. The maximum Gasteiger partial charge on any atom is 0.303 e. The van der Waals surface area contributed by atoms with Crippen molar-refractivity contribution in [3.8, 4) is 11.6 Å². The number of hydrogen-bond donors (Lipinski definition) is 1. The van der Waals surface area contributed by atoms with E-state index in [1.165, 1.54) is 6.92 Å². The van der Waals surface area contributed by atoms with Gasteiger partial charge in [0, 0.05) is 6.92 Å². The second kappa shape index (κ2) is 4.70. The lowest BCUT2D eigenvalue weighted by Crippen LogP contribution is -1.98. The fourth-order valence-electron chi connectivity index (χ4n) is 0.978. The zero-order valence-electron chi connectivity index (χ0n) is 8.78. The normalized spacial score (nSPS) is 10.5. The van der Waals surface area contributed by atoms with Gasteiger partial charge in [-0.25, -0.2) is 0 Å². The Balaban J connectivity index is 2.09. The van der Waals surface area contributed by atoms with Gasteiger partial charge in [-0.2, -0.15) is 9.97 Å². The zero-order valence-corrected chi connectivity index (χ0v) is 8.78. The number of carbonyl (C=O) groups is 1. The van der Waals surface area contributed by atoms with E-state index in [1.54, 1.807) is 0 Å². The van der Waals surface area contributed by atoms with Crippen LogP contribution in [0.25, 0.3) is 11.6 Å². The summed E-state index contributed by atoms with van der Waals surface area (Å²) in [5, 5.41) is 15.8. The van der Waals surface area contributed by atoms with Gasteiger partial charge in [-0.1, -0.05) is 10.3 Å². The van der Waals surface area contributed by atoms with Crippen LogP contribution in [0.1, 0.15) is 18.7 Å². The van der Waals surface area contributed by atoms with E-state index in [0.717, 1.165) is 0 Å². The molecule has 0 saturated heterocycles.